The second-order valence-electron chi connectivity index (χ2n) is 7.47. The summed E-state index contributed by atoms with van der Waals surface area (Å²) in [4.78, 5) is 12.1. The highest BCUT2D eigenvalue weighted by Gasteiger charge is 2.34. The van der Waals surface area contributed by atoms with E-state index in [-0.39, 0.29) is 37.2 Å². The highest BCUT2D eigenvalue weighted by atomic mass is 35.5. The van der Waals surface area contributed by atoms with Gasteiger partial charge in [0.05, 0.1) is 5.56 Å². The second-order valence-corrected chi connectivity index (χ2v) is 7.47. The van der Waals surface area contributed by atoms with Crippen LogP contribution in [0.4, 0.5) is 13.2 Å². The van der Waals surface area contributed by atoms with Crippen LogP contribution in [0.5, 0.6) is 5.75 Å². The van der Waals surface area contributed by atoms with E-state index in [4.69, 9.17) is 4.74 Å². The molecule has 1 amide bonds. The van der Waals surface area contributed by atoms with E-state index in [1.165, 1.54) is 25.0 Å². The average molecular weight is 423 g/mol. The first-order chi connectivity index (χ1) is 12.8. The molecular formula is C19H26ClF3N2O3. The lowest BCUT2D eigenvalue weighted by Crippen LogP contribution is -2.41. The van der Waals surface area contributed by atoms with E-state index >= 15 is 0 Å². The lowest BCUT2D eigenvalue weighted by molar-refractivity contribution is -0.137. The molecule has 2 fully saturated rings. The Kier molecular flexibility index (Phi) is 7.97. The van der Waals surface area contributed by atoms with Gasteiger partial charge < -0.3 is 20.5 Å². The van der Waals surface area contributed by atoms with Gasteiger partial charge in [-0.25, -0.2) is 0 Å². The summed E-state index contributed by atoms with van der Waals surface area (Å²) in [5.41, 5.74) is -0.807. The molecule has 3 unspecified atom stereocenters. The van der Waals surface area contributed by atoms with Gasteiger partial charge in [0.1, 0.15) is 18.5 Å². The Hall–Kier alpha value is -1.51. The number of aliphatic hydroxyl groups is 1. The van der Waals surface area contributed by atoms with Crippen molar-refractivity contribution in [3.63, 3.8) is 0 Å². The monoisotopic (exact) mass is 422 g/mol. The van der Waals surface area contributed by atoms with Gasteiger partial charge in [0.2, 0.25) is 5.91 Å². The molecule has 0 aliphatic carbocycles. The largest absolute Gasteiger partial charge is 0.491 e. The van der Waals surface area contributed by atoms with E-state index < -0.39 is 17.8 Å². The maximum atomic E-state index is 12.7. The lowest BCUT2D eigenvalue weighted by atomic mass is 9.89. The zero-order valence-corrected chi connectivity index (χ0v) is 16.2. The van der Waals surface area contributed by atoms with Crippen LogP contribution in [-0.2, 0) is 11.0 Å². The van der Waals surface area contributed by atoms with Crippen molar-refractivity contribution in [3.8, 4) is 5.75 Å². The number of carbonyl (C=O) groups is 1. The van der Waals surface area contributed by atoms with Crippen LogP contribution in [-0.4, -0.2) is 42.4 Å². The van der Waals surface area contributed by atoms with Gasteiger partial charge in [-0.15, -0.1) is 12.4 Å². The molecule has 0 spiro atoms. The zero-order chi connectivity index (χ0) is 19.4. The van der Waals surface area contributed by atoms with Crippen molar-refractivity contribution in [2.24, 2.45) is 5.92 Å². The summed E-state index contributed by atoms with van der Waals surface area (Å²) in [5, 5.41) is 16.1. The predicted octanol–water partition coefficient (Wildman–Crippen LogP) is 2.90. The molecule has 3 rings (SSSR count). The van der Waals surface area contributed by atoms with Gasteiger partial charge in [-0.2, -0.15) is 13.2 Å². The Morgan fingerprint density at radius 1 is 1.29 bits per heavy atom. The molecule has 9 heteroatoms. The number of hydrogen-bond donors (Lipinski definition) is 3. The summed E-state index contributed by atoms with van der Waals surface area (Å²) in [6.45, 7) is -0.186. The van der Waals surface area contributed by atoms with Crippen molar-refractivity contribution in [1.82, 2.24) is 10.6 Å². The van der Waals surface area contributed by atoms with Gasteiger partial charge in [-0.1, -0.05) is 6.07 Å². The third-order valence-corrected chi connectivity index (χ3v) is 5.18. The molecule has 3 atom stereocenters. The Bertz CT molecular complexity index is 648. The minimum Gasteiger partial charge on any atom is -0.491 e. The van der Waals surface area contributed by atoms with E-state index in [0.717, 1.165) is 25.0 Å². The minimum absolute atomic E-state index is 0. The number of carbonyl (C=O) groups excluding carboxylic acids is 1. The van der Waals surface area contributed by atoms with E-state index in [0.29, 0.717) is 24.4 Å². The summed E-state index contributed by atoms with van der Waals surface area (Å²) in [7, 11) is 0. The van der Waals surface area contributed by atoms with E-state index in [1.807, 2.05) is 0 Å². The Morgan fingerprint density at radius 3 is 2.61 bits per heavy atom. The molecule has 0 saturated carbocycles. The Morgan fingerprint density at radius 2 is 1.96 bits per heavy atom. The van der Waals surface area contributed by atoms with Crippen molar-refractivity contribution in [2.45, 2.75) is 56.5 Å². The number of halogens is 4. The summed E-state index contributed by atoms with van der Waals surface area (Å²) in [5.74, 6) is 0.280. The second kappa shape index (κ2) is 9.80. The highest BCUT2D eigenvalue weighted by Crippen LogP contribution is 2.33. The molecular weight excluding hydrogens is 397 g/mol. The van der Waals surface area contributed by atoms with Crippen molar-refractivity contribution in [2.75, 3.05) is 13.2 Å². The predicted molar refractivity (Wildman–Crippen MR) is 100 cm³/mol. The van der Waals surface area contributed by atoms with E-state index in [9.17, 15) is 23.1 Å². The van der Waals surface area contributed by atoms with Crippen LogP contribution < -0.4 is 15.4 Å². The molecule has 0 aromatic heterocycles. The number of ether oxygens (including phenoxy) is 1. The smallest absolute Gasteiger partial charge is 0.416 e. The topological polar surface area (TPSA) is 70.6 Å². The van der Waals surface area contributed by atoms with Gasteiger partial charge >= 0.3 is 6.18 Å². The van der Waals surface area contributed by atoms with Crippen molar-refractivity contribution < 1.29 is 27.8 Å². The molecule has 2 saturated heterocycles. The fourth-order valence-electron chi connectivity index (χ4n) is 3.92. The normalized spacial score (nSPS) is 24.9. The number of rotatable bonds is 7. The molecule has 2 heterocycles. The first-order valence-corrected chi connectivity index (χ1v) is 9.30. The van der Waals surface area contributed by atoms with Gasteiger partial charge in [-0.3, -0.25) is 4.79 Å². The van der Waals surface area contributed by atoms with Gasteiger partial charge in [-0.05, 0) is 49.8 Å². The molecule has 2 bridgehead atoms. The SMILES string of the molecule is Cl.O=C(CC1CC2CCC(C1)N2)NCC(O)COc1cccc(C(F)(F)F)c1. The van der Waals surface area contributed by atoms with Crippen LogP contribution in [0.25, 0.3) is 0 Å². The van der Waals surface area contributed by atoms with Gasteiger partial charge in [0, 0.05) is 25.0 Å². The molecule has 3 N–H and O–H groups in total. The number of alkyl halides is 3. The van der Waals surface area contributed by atoms with Crippen LogP contribution in [0.1, 0.15) is 37.7 Å². The fraction of sp³-hybridized carbons (Fsp3) is 0.632. The molecule has 1 aromatic rings. The summed E-state index contributed by atoms with van der Waals surface area (Å²) >= 11 is 0. The molecule has 158 valence electrons. The van der Waals surface area contributed by atoms with Crippen LogP contribution in [0.2, 0.25) is 0 Å². The zero-order valence-electron chi connectivity index (χ0n) is 15.4. The van der Waals surface area contributed by atoms with Crippen molar-refractivity contribution in [3.05, 3.63) is 29.8 Å². The molecule has 28 heavy (non-hydrogen) atoms. The van der Waals surface area contributed by atoms with E-state index in [1.54, 1.807) is 0 Å². The number of piperidine rings is 1. The van der Waals surface area contributed by atoms with E-state index in [2.05, 4.69) is 10.6 Å². The van der Waals surface area contributed by atoms with Gasteiger partial charge in [0.15, 0.2) is 0 Å². The molecule has 0 radical (unpaired) electrons. The Labute approximate surface area is 168 Å². The summed E-state index contributed by atoms with van der Waals surface area (Å²) in [6.07, 6.45) is -0.637. The van der Waals surface area contributed by atoms with Crippen molar-refractivity contribution in [1.29, 1.82) is 0 Å². The van der Waals surface area contributed by atoms with Crippen LogP contribution in [0.15, 0.2) is 24.3 Å². The number of benzene rings is 1. The van der Waals surface area contributed by atoms with Gasteiger partial charge in [0.25, 0.3) is 0 Å². The number of nitrogens with one attached hydrogen (secondary N) is 2. The van der Waals surface area contributed by atoms with Crippen LogP contribution >= 0.6 is 12.4 Å². The highest BCUT2D eigenvalue weighted by molar-refractivity contribution is 5.85. The molecule has 2 aliphatic heterocycles. The standard InChI is InChI=1S/C19H25F3N2O3.ClH/c20-19(21,22)13-2-1-3-17(9-13)27-11-16(25)10-23-18(26)8-12-6-14-4-5-15(7-12)24-14;/h1-3,9,12,14-16,24-25H,4-8,10-11H2,(H,23,26);1H. The number of aliphatic hydroxyl groups excluding tert-OH is 1. The number of hydrogen-bond acceptors (Lipinski definition) is 4. The first-order valence-electron chi connectivity index (χ1n) is 9.30. The molecule has 1 aromatic carbocycles. The third-order valence-electron chi connectivity index (χ3n) is 5.18. The summed E-state index contributed by atoms with van der Waals surface area (Å²) < 4.78 is 43.2. The quantitative estimate of drug-likeness (QED) is 0.632. The minimum atomic E-state index is -4.44. The van der Waals surface area contributed by atoms with Crippen LogP contribution in [0, 0.1) is 5.92 Å². The maximum Gasteiger partial charge on any atom is 0.416 e. The number of fused-ring (bicyclic) bond motifs is 2. The number of amides is 1. The van der Waals surface area contributed by atoms with Crippen LogP contribution in [0.3, 0.4) is 0 Å². The fourth-order valence-corrected chi connectivity index (χ4v) is 3.92. The van der Waals surface area contributed by atoms with Crippen molar-refractivity contribution >= 4 is 18.3 Å². The first kappa shape index (κ1) is 22.8. The maximum absolute atomic E-state index is 12.7. The summed E-state index contributed by atoms with van der Waals surface area (Å²) in [6, 6.07) is 5.53. The molecule has 2 aliphatic rings. The Balaban J connectivity index is 0.00000280. The third kappa shape index (κ3) is 6.53. The average Bonchev–Trinajstić information content (AvgIpc) is 2.96. The molecule has 5 nitrogen and oxygen atoms in total. The lowest BCUT2D eigenvalue weighted by Gasteiger charge is -2.28.